The fraction of sp³-hybridized carbons (Fsp3) is 0.421. The molecule has 0 aliphatic heterocycles. The number of halogens is 2. The molecule has 0 radical (unpaired) electrons. The van der Waals surface area contributed by atoms with E-state index < -0.39 is 0 Å². The van der Waals surface area contributed by atoms with E-state index in [1.54, 1.807) is 6.20 Å². The van der Waals surface area contributed by atoms with E-state index in [1.165, 1.54) is 24.8 Å². The Balaban J connectivity index is 1.48. The second-order valence-electron chi connectivity index (χ2n) is 7.60. The lowest BCUT2D eigenvalue weighted by molar-refractivity contribution is -0.0998. The quantitative estimate of drug-likeness (QED) is 0.591. The number of benzene rings is 1. The topological polar surface area (TPSA) is 48.5 Å². The van der Waals surface area contributed by atoms with E-state index in [4.69, 9.17) is 21.7 Å². The molecular formula is C19H19BrClN5. The fourth-order valence-electron chi connectivity index (χ4n) is 4.16. The molecule has 3 saturated carbocycles. The van der Waals surface area contributed by atoms with Crippen LogP contribution in [0.15, 0.2) is 35.1 Å². The summed E-state index contributed by atoms with van der Waals surface area (Å²) in [6.07, 6.45) is 8.06. The van der Waals surface area contributed by atoms with Crippen molar-refractivity contribution in [2.75, 3.05) is 0 Å². The van der Waals surface area contributed by atoms with Gasteiger partial charge < -0.3 is 0 Å². The summed E-state index contributed by atoms with van der Waals surface area (Å²) in [5.74, 6) is 2.76. The largest absolute Gasteiger partial charge is 0.271 e. The van der Waals surface area contributed by atoms with Crippen LogP contribution in [0.4, 0.5) is 0 Å². The van der Waals surface area contributed by atoms with E-state index in [0.29, 0.717) is 5.02 Å². The molecule has 0 atom stereocenters. The van der Waals surface area contributed by atoms with Gasteiger partial charge in [0.1, 0.15) is 5.82 Å². The molecule has 2 heterocycles. The maximum Gasteiger partial charge on any atom is 0.181 e. The Morgan fingerprint density at radius 1 is 1.31 bits per heavy atom. The molecule has 2 bridgehead atoms. The summed E-state index contributed by atoms with van der Waals surface area (Å²) in [4.78, 5) is 4.91. The normalized spacial score (nSPS) is 23.6. The van der Waals surface area contributed by atoms with Crippen LogP contribution in [0, 0.1) is 12.8 Å². The number of rotatable bonds is 5. The van der Waals surface area contributed by atoms with Crippen LogP contribution < -0.4 is 0 Å². The minimum atomic E-state index is 0.220. The molecule has 0 spiro atoms. The van der Waals surface area contributed by atoms with Gasteiger partial charge in [-0.25, -0.2) is 9.67 Å². The van der Waals surface area contributed by atoms with Crippen LogP contribution in [-0.2, 0) is 18.5 Å². The highest BCUT2D eigenvalue weighted by atomic mass is 79.9. The molecule has 7 heteroatoms. The van der Waals surface area contributed by atoms with Crippen LogP contribution in [0.1, 0.15) is 30.7 Å². The smallest absolute Gasteiger partial charge is 0.181 e. The third-order valence-electron chi connectivity index (χ3n) is 5.71. The Bertz CT molecular complexity index is 975. The van der Waals surface area contributed by atoms with Gasteiger partial charge in [0.25, 0.3) is 0 Å². The molecule has 26 heavy (non-hydrogen) atoms. The average Bonchev–Trinajstić information content (AvgIpc) is 3.12. The van der Waals surface area contributed by atoms with Crippen LogP contribution >= 0.6 is 27.5 Å². The van der Waals surface area contributed by atoms with E-state index >= 15 is 0 Å². The summed E-state index contributed by atoms with van der Waals surface area (Å²) in [5.41, 5.74) is 2.48. The highest BCUT2D eigenvalue weighted by Crippen LogP contribution is 2.62. The zero-order chi connectivity index (χ0) is 17.9. The van der Waals surface area contributed by atoms with Crippen LogP contribution in [0.5, 0.6) is 0 Å². The predicted octanol–water partition coefficient (Wildman–Crippen LogP) is 4.62. The lowest BCUT2D eigenvalue weighted by atomic mass is 9.50. The summed E-state index contributed by atoms with van der Waals surface area (Å²) in [5, 5.41) is 9.87. The Morgan fingerprint density at radius 3 is 2.73 bits per heavy atom. The molecular weight excluding hydrogens is 414 g/mol. The maximum absolute atomic E-state index is 5.98. The zero-order valence-corrected chi connectivity index (χ0v) is 16.8. The van der Waals surface area contributed by atoms with Crippen molar-refractivity contribution in [3.63, 3.8) is 0 Å². The lowest BCUT2D eigenvalue weighted by Gasteiger charge is -2.61. The molecule has 3 aliphatic carbocycles. The van der Waals surface area contributed by atoms with Crippen LogP contribution in [0.2, 0.25) is 5.02 Å². The summed E-state index contributed by atoms with van der Waals surface area (Å²) in [6, 6.07) is 6.29. The first-order valence-corrected chi connectivity index (χ1v) is 10.1. The second-order valence-corrected chi connectivity index (χ2v) is 8.89. The highest BCUT2D eigenvalue weighted by Gasteiger charge is 2.59. The molecule has 3 aliphatic rings. The van der Waals surface area contributed by atoms with Crippen LogP contribution in [0.3, 0.4) is 0 Å². The van der Waals surface area contributed by atoms with E-state index in [9.17, 15) is 0 Å². The Labute approximate surface area is 165 Å². The zero-order valence-electron chi connectivity index (χ0n) is 14.5. The highest BCUT2D eigenvalue weighted by molar-refractivity contribution is 9.10. The van der Waals surface area contributed by atoms with Gasteiger partial charge in [0.05, 0.1) is 16.8 Å². The van der Waals surface area contributed by atoms with Crippen molar-refractivity contribution in [1.82, 2.24) is 24.5 Å². The maximum atomic E-state index is 5.98. The van der Waals surface area contributed by atoms with Gasteiger partial charge >= 0.3 is 0 Å². The molecule has 0 amide bonds. The van der Waals surface area contributed by atoms with E-state index in [1.807, 2.05) is 10.9 Å². The summed E-state index contributed by atoms with van der Waals surface area (Å²) < 4.78 is 5.19. The molecule has 3 aromatic rings. The Kier molecular flexibility index (Phi) is 3.76. The molecule has 0 N–H and O–H groups in total. The fourth-order valence-corrected chi connectivity index (χ4v) is 4.56. The van der Waals surface area contributed by atoms with E-state index in [2.05, 4.69) is 50.8 Å². The molecule has 134 valence electrons. The van der Waals surface area contributed by atoms with Gasteiger partial charge in [-0.05, 0) is 55.9 Å². The van der Waals surface area contributed by atoms with Crippen molar-refractivity contribution in [2.24, 2.45) is 5.92 Å². The number of hydrogen-bond acceptors (Lipinski definition) is 3. The SMILES string of the molecule is Cc1cc(-c2nc(CCn3cc(Cl)cn3)n(C34CC(C3)C4)n2)ccc1Br. The van der Waals surface area contributed by atoms with Crippen molar-refractivity contribution in [3.8, 4) is 11.4 Å². The monoisotopic (exact) mass is 431 g/mol. The van der Waals surface area contributed by atoms with Crippen molar-refractivity contribution >= 4 is 27.5 Å². The number of aryl methyl sites for hydroxylation is 3. The van der Waals surface area contributed by atoms with Gasteiger partial charge in [-0.1, -0.05) is 27.5 Å². The Hall–Kier alpha value is -1.66. The van der Waals surface area contributed by atoms with Crippen molar-refractivity contribution in [2.45, 2.75) is 44.7 Å². The molecule has 0 saturated heterocycles. The molecule has 5 nitrogen and oxygen atoms in total. The lowest BCUT2D eigenvalue weighted by Crippen LogP contribution is -2.60. The van der Waals surface area contributed by atoms with E-state index in [-0.39, 0.29) is 5.54 Å². The third-order valence-corrected chi connectivity index (χ3v) is 6.80. The predicted molar refractivity (Wildman–Crippen MR) is 104 cm³/mol. The molecule has 6 rings (SSSR count). The van der Waals surface area contributed by atoms with Crippen molar-refractivity contribution in [3.05, 3.63) is 51.5 Å². The van der Waals surface area contributed by atoms with Gasteiger partial charge in [0, 0.05) is 29.2 Å². The molecule has 3 fully saturated rings. The van der Waals surface area contributed by atoms with Crippen molar-refractivity contribution in [1.29, 1.82) is 0 Å². The summed E-state index contributed by atoms with van der Waals surface area (Å²) in [6.45, 7) is 2.85. The average molecular weight is 433 g/mol. The van der Waals surface area contributed by atoms with Crippen molar-refractivity contribution < 1.29 is 0 Å². The minimum Gasteiger partial charge on any atom is -0.271 e. The first-order valence-electron chi connectivity index (χ1n) is 8.93. The van der Waals surface area contributed by atoms with Crippen LogP contribution in [-0.4, -0.2) is 24.5 Å². The summed E-state index contributed by atoms with van der Waals surface area (Å²) in [7, 11) is 0. The van der Waals surface area contributed by atoms with Gasteiger partial charge in [0.2, 0.25) is 0 Å². The molecule has 1 aromatic carbocycles. The summed E-state index contributed by atoms with van der Waals surface area (Å²) >= 11 is 9.54. The first kappa shape index (κ1) is 16.5. The third kappa shape index (κ3) is 2.62. The number of hydrogen-bond donors (Lipinski definition) is 0. The minimum absolute atomic E-state index is 0.220. The Morgan fingerprint density at radius 2 is 2.12 bits per heavy atom. The number of aromatic nitrogens is 5. The van der Waals surface area contributed by atoms with E-state index in [0.717, 1.165) is 40.6 Å². The van der Waals surface area contributed by atoms with Gasteiger partial charge in [0.15, 0.2) is 5.82 Å². The van der Waals surface area contributed by atoms with Crippen LogP contribution in [0.25, 0.3) is 11.4 Å². The second kappa shape index (κ2) is 5.92. The van der Waals surface area contributed by atoms with Gasteiger partial charge in [-0.3, -0.25) is 4.68 Å². The van der Waals surface area contributed by atoms with Gasteiger partial charge in [-0.15, -0.1) is 0 Å². The first-order chi connectivity index (χ1) is 12.5. The number of nitrogens with zero attached hydrogens (tertiary/aromatic N) is 5. The molecule has 2 aromatic heterocycles. The molecule has 0 unspecified atom stereocenters. The van der Waals surface area contributed by atoms with Gasteiger partial charge in [-0.2, -0.15) is 10.2 Å². The standard InChI is InChI=1S/C19H19BrClN5/c1-12-6-14(2-3-16(12)20)18-23-17(4-5-25-11-15(21)10-22-25)26(24-18)19-7-13(8-19)9-19/h2-3,6,10-11,13H,4-5,7-9H2,1H3.